The van der Waals surface area contributed by atoms with E-state index in [1.165, 1.54) is 0 Å². The highest BCUT2D eigenvalue weighted by Crippen LogP contribution is 2.57. The van der Waals surface area contributed by atoms with Crippen molar-refractivity contribution in [1.82, 2.24) is 0 Å². The van der Waals surface area contributed by atoms with Crippen molar-refractivity contribution in [2.75, 3.05) is 4.90 Å². The first kappa shape index (κ1) is 22.6. The molecule has 3 atom stereocenters. The maximum absolute atomic E-state index is 14.0. The lowest BCUT2D eigenvalue weighted by atomic mass is 9.77. The van der Waals surface area contributed by atoms with Crippen LogP contribution in [0, 0.1) is 18.8 Å². The second kappa shape index (κ2) is 7.80. The van der Waals surface area contributed by atoms with E-state index in [0.29, 0.717) is 17.2 Å². The van der Waals surface area contributed by atoms with E-state index in [4.69, 9.17) is 4.74 Å². The van der Waals surface area contributed by atoms with Crippen LogP contribution in [0.3, 0.4) is 0 Å². The molecule has 2 fully saturated rings. The number of rotatable bonds is 3. The molecule has 1 aliphatic carbocycles. The topological polar surface area (TPSA) is 80.8 Å². The average molecular weight is 480 g/mol. The summed E-state index contributed by atoms with van der Waals surface area (Å²) in [6.45, 7) is 6.07. The first-order chi connectivity index (χ1) is 17.3. The van der Waals surface area contributed by atoms with E-state index in [9.17, 15) is 19.2 Å². The summed E-state index contributed by atoms with van der Waals surface area (Å²) in [4.78, 5) is 56.6. The lowest BCUT2D eigenvalue weighted by molar-refractivity contribution is -0.127. The highest BCUT2D eigenvalue weighted by molar-refractivity contribution is 6.37. The van der Waals surface area contributed by atoms with Crippen LogP contribution in [0.4, 0.5) is 5.69 Å². The van der Waals surface area contributed by atoms with Gasteiger partial charge in [0.25, 0.3) is 0 Å². The van der Waals surface area contributed by atoms with Crippen LogP contribution < -0.4 is 4.90 Å². The largest absolute Gasteiger partial charge is 0.349 e. The Morgan fingerprint density at radius 1 is 0.778 bits per heavy atom. The minimum absolute atomic E-state index is 0.228. The van der Waals surface area contributed by atoms with E-state index in [-0.39, 0.29) is 11.1 Å². The van der Waals surface area contributed by atoms with Crippen LogP contribution in [0.5, 0.6) is 0 Å². The lowest BCUT2D eigenvalue weighted by Crippen LogP contribution is -2.51. The molecule has 2 amide bonds. The molecule has 3 aromatic rings. The average Bonchev–Trinajstić information content (AvgIpc) is 3.44. The Kier molecular flexibility index (Phi) is 4.89. The molecule has 6 heteroatoms. The number of carbonyl (C=O) groups is 4. The summed E-state index contributed by atoms with van der Waals surface area (Å²) in [7, 11) is 0. The van der Waals surface area contributed by atoms with E-state index in [1.54, 1.807) is 36.4 Å². The Bertz CT molecular complexity index is 1400. The predicted molar refractivity (Wildman–Crippen MR) is 133 cm³/mol. The monoisotopic (exact) mass is 479 g/mol. The molecule has 0 saturated carbocycles. The van der Waals surface area contributed by atoms with E-state index in [1.807, 2.05) is 43.3 Å². The van der Waals surface area contributed by atoms with Crippen LogP contribution in [0.2, 0.25) is 0 Å². The van der Waals surface area contributed by atoms with Gasteiger partial charge in [-0.05, 0) is 36.1 Å². The number of hydrogen-bond acceptors (Lipinski definition) is 5. The van der Waals surface area contributed by atoms with Gasteiger partial charge >= 0.3 is 0 Å². The van der Waals surface area contributed by atoms with Crippen molar-refractivity contribution < 1.29 is 23.9 Å². The number of Topliss-reactive ketones (excluding diaryl/α,β-unsaturated/α-hetero) is 2. The Morgan fingerprint density at radius 3 is 1.92 bits per heavy atom. The molecule has 2 aliphatic heterocycles. The molecule has 2 saturated heterocycles. The summed E-state index contributed by atoms with van der Waals surface area (Å²) in [6, 6.07) is 21.2. The molecule has 0 N–H and O–H groups in total. The smallest absolute Gasteiger partial charge is 0.241 e. The van der Waals surface area contributed by atoms with Gasteiger partial charge in [-0.3, -0.25) is 19.2 Å². The number of carbonyl (C=O) groups excluding carboxylic acids is 4. The van der Waals surface area contributed by atoms with Gasteiger partial charge in [0.15, 0.2) is 0 Å². The summed E-state index contributed by atoms with van der Waals surface area (Å²) < 4.78 is 6.32. The Hall–Kier alpha value is -3.90. The molecule has 180 valence electrons. The van der Waals surface area contributed by atoms with Gasteiger partial charge in [0, 0.05) is 11.1 Å². The summed E-state index contributed by atoms with van der Waals surface area (Å²) in [5.41, 5.74) is 1.58. The molecule has 3 aromatic carbocycles. The molecule has 3 aliphatic rings. The van der Waals surface area contributed by atoms with Crippen molar-refractivity contribution in [3.05, 3.63) is 101 Å². The number of benzene rings is 3. The van der Waals surface area contributed by atoms with Gasteiger partial charge in [0.05, 0.1) is 23.6 Å². The number of ether oxygens (including phenoxy) is 1. The number of ketones is 2. The van der Waals surface area contributed by atoms with E-state index >= 15 is 0 Å². The number of fused-ring (bicyclic) bond motifs is 3. The summed E-state index contributed by atoms with van der Waals surface area (Å²) in [5.74, 6) is -4.08. The zero-order valence-corrected chi connectivity index (χ0v) is 20.2. The predicted octanol–water partition coefficient (Wildman–Crippen LogP) is 4.81. The Labute approximate surface area is 208 Å². The van der Waals surface area contributed by atoms with Gasteiger partial charge in [0.1, 0.15) is 0 Å². The Morgan fingerprint density at radius 2 is 1.36 bits per heavy atom. The molecule has 0 aromatic heterocycles. The SMILES string of the molecule is Cc1ccc([C@H]2OC3(C(=O)c4ccccc4C3=O)[C@@H]3C(=O)N(c4ccc(C(C)C)cc4)C(=O)[C@H]23)cc1. The van der Waals surface area contributed by atoms with Crippen molar-refractivity contribution in [2.24, 2.45) is 11.8 Å². The first-order valence-corrected chi connectivity index (χ1v) is 12.2. The highest BCUT2D eigenvalue weighted by Gasteiger charge is 2.74. The molecule has 36 heavy (non-hydrogen) atoms. The molecule has 0 radical (unpaired) electrons. The van der Waals surface area contributed by atoms with Gasteiger partial charge < -0.3 is 4.74 Å². The number of anilines is 1. The van der Waals surface area contributed by atoms with Crippen LogP contribution in [0.15, 0.2) is 72.8 Å². The van der Waals surface area contributed by atoms with Crippen molar-refractivity contribution in [3.63, 3.8) is 0 Å². The van der Waals surface area contributed by atoms with Crippen molar-refractivity contribution >= 4 is 29.1 Å². The van der Waals surface area contributed by atoms with Gasteiger partial charge in [-0.25, -0.2) is 4.90 Å². The fourth-order valence-electron chi connectivity index (χ4n) is 5.84. The van der Waals surface area contributed by atoms with Gasteiger partial charge in [-0.1, -0.05) is 80.1 Å². The van der Waals surface area contributed by atoms with Crippen LogP contribution in [-0.2, 0) is 14.3 Å². The van der Waals surface area contributed by atoms with E-state index < -0.39 is 46.9 Å². The Balaban J connectivity index is 1.51. The van der Waals surface area contributed by atoms with Crippen LogP contribution in [0.25, 0.3) is 0 Å². The van der Waals surface area contributed by atoms with Gasteiger partial charge in [0.2, 0.25) is 29.0 Å². The molecule has 2 heterocycles. The zero-order chi connectivity index (χ0) is 25.4. The standard InChI is InChI=1S/C30H25NO5/c1-16(2)18-12-14-20(15-13-18)31-28(34)23-24(29(31)35)30(36-25(23)19-10-8-17(3)9-11-19)26(32)21-6-4-5-7-22(21)27(30)33/h4-16,23-25H,1-3H3/t23-,24-,25+/m0/s1. The van der Waals surface area contributed by atoms with E-state index in [2.05, 4.69) is 13.8 Å². The normalized spacial score (nSPS) is 24.2. The molecule has 0 bridgehead atoms. The molecule has 1 spiro atoms. The third-order valence-corrected chi connectivity index (χ3v) is 7.74. The molecular formula is C30H25NO5. The molecule has 6 rings (SSSR count). The van der Waals surface area contributed by atoms with Crippen LogP contribution in [-0.4, -0.2) is 29.0 Å². The maximum atomic E-state index is 14.0. The minimum atomic E-state index is -2.05. The van der Waals surface area contributed by atoms with Gasteiger partial charge in [-0.2, -0.15) is 0 Å². The number of aryl methyl sites for hydroxylation is 1. The number of nitrogens with zero attached hydrogens (tertiary/aromatic N) is 1. The number of amides is 2. The first-order valence-electron chi connectivity index (χ1n) is 12.2. The quantitative estimate of drug-likeness (QED) is 0.398. The summed E-state index contributed by atoms with van der Waals surface area (Å²) in [6.07, 6.45) is -0.908. The van der Waals surface area contributed by atoms with Crippen LogP contribution in [0.1, 0.15) is 63.3 Å². The van der Waals surface area contributed by atoms with Crippen molar-refractivity contribution in [1.29, 1.82) is 0 Å². The fourth-order valence-corrected chi connectivity index (χ4v) is 5.84. The minimum Gasteiger partial charge on any atom is -0.349 e. The third-order valence-electron chi connectivity index (χ3n) is 7.74. The summed E-state index contributed by atoms with van der Waals surface area (Å²) >= 11 is 0. The second-order valence-electron chi connectivity index (χ2n) is 10.2. The van der Waals surface area contributed by atoms with Gasteiger partial charge in [-0.15, -0.1) is 0 Å². The molecule has 6 nitrogen and oxygen atoms in total. The van der Waals surface area contributed by atoms with Crippen molar-refractivity contribution in [3.8, 4) is 0 Å². The summed E-state index contributed by atoms with van der Waals surface area (Å²) in [5, 5.41) is 0. The third kappa shape index (κ3) is 2.88. The maximum Gasteiger partial charge on any atom is 0.241 e. The number of hydrogen-bond donors (Lipinski definition) is 0. The van der Waals surface area contributed by atoms with Crippen molar-refractivity contribution in [2.45, 2.75) is 38.4 Å². The highest BCUT2D eigenvalue weighted by atomic mass is 16.5. The lowest BCUT2D eigenvalue weighted by Gasteiger charge is -2.27. The molecular weight excluding hydrogens is 454 g/mol. The zero-order valence-electron chi connectivity index (χ0n) is 20.2. The molecule has 0 unspecified atom stereocenters. The second-order valence-corrected chi connectivity index (χ2v) is 10.2. The van der Waals surface area contributed by atoms with E-state index in [0.717, 1.165) is 16.0 Å². The van der Waals surface area contributed by atoms with Crippen LogP contribution >= 0.6 is 0 Å². The fraction of sp³-hybridized carbons (Fsp3) is 0.267. The number of imide groups is 1.